The van der Waals surface area contributed by atoms with Gasteiger partial charge in [-0.25, -0.2) is 0 Å². The van der Waals surface area contributed by atoms with Crippen LogP contribution in [0.4, 0.5) is 0 Å². The van der Waals surface area contributed by atoms with Crippen LogP contribution < -0.4 is 14.8 Å². The summed E-state index contributed by atoms with van der Waals surface area (Å²) in [5, 5.41) is 3.31. The van der Waals surface area contributed by atoms with Crippen molar-refractivity contribution in [3.8, 4) is 11.5 Å². The van der Waals surface area contributed by atoms with Crippen LogP contribution >= 0.6 is 0 Å². The van der Waals surface area contributed by atoms with Gasteiger partial charge in [0, 0.05) is 41.7 Å². The SMILES string of the molecule is COc1ccc(CN2C3CCC2CC(NC(=O)C24CC[C@@](C)(C(=O)O2)C4(C)C)C3)c(OC)c1. The number of nitrogens with one attached hydrogen (secondary N) is 1. The topological polar surface area (TPSA) is 77.1 Å². The molecule has 3 aliphatic heterocycles. The predicted molar refractivity (Wildman–Crippen MR) is 123 cm³/mol. The summed E-state index contributed by atoms with van der Waals surface area (Å²) in [7, 11) is 3.35. The van der Waals surface area contributed by atoms with E-state index in [1.807, 2.05) is 32.9 Å². The van der Waals surface area contributed by atoms with Gasteiger partial charge >= 0.3 is 5.97 Å². The first kappa shape index (κ1) is 22.5. The lowest BCUT2D eigenvalue weighted by Gasteiger charge is -2.41. The zero-order valence-corrected chi connectivity index (χ0v) is 20.4. The second-order valence-electron chi connectivity index (χ2n) is 11.1. The van der Waals surface area contributed by atoms with Crippen molar-refractivity contribution in [1.29, 1.82) is 0 Å². The van der Waals surface area contributed by atoms with E-state index in [0.29, 0.717) is 24.9 Å². The molecule has 4 atom stereocenters. The first-order valence-electron chi connectivity index (χ1n) is 12.2. The molecule has 1 amide bonds. The molecule has 7 nitrogen and oxygen atoms in total. The standard InChI is InChI=1S/C26H36N2O5/c1-24(2)25(3)10-11-26(24,33-23(25)30)22(29)27-17-12-18-7-8-19(13-17)28(18)15-16-6-9-20(31-4)14-21(16)32-5/h6,9,14,17-19H,7-8,10-13,15H2,1-5H3,(H,27,29)/t17?,18?,19?,25-,26?/m0/s1. The number of ether oxygens (including phenoxy) is 3. The Hall–Kier alpha value is -2.28. The third-order valence-electron chi connectivity index (χ3n) is 9.52. The molecule has 3 unspecified atom stereocenters. The van der Waals surface area contributed by atoms with E-state index in [1.54, 1.807) is 14.2 Å². The maximum absolute atomic E-state index is 13.5. The number of benzene rings is 1. The second kappa shape index (κ2) is 7.62. The minimum absolute atomic E-state index is 0.100. The van der Waals surface area contributed by atoms with Gasteiger partial charge in [0.1, 0.15) is 11.5 Å². The van der Waals surface area contributed by atoms with Crippen molar-refractivity contribution >= 4 is 11.9 Å². The number of carbonyl (C=O) groups is 2. The van der Waals surface area contributed by atoms with Gasteiger partial charge in [0.25, 0.3) is 5.91 Å². The summed E-state index contributed by atoms with van der Waals surface area (Å²) in [6.07, 6.45) is 5.43. The van der Waals surface area contributed by atoms with E-state index in [4.69, 9.17) is 14.2 Å². The average molecular weight is 457 g/mol. The maximum Gasteiger partial charge on any atom is 0.313 e. The fourth-order valence-electron chi connectivity index (χ4n) is 6.88. The number of fused-ring (bicyclic) bond motifs is 4. The molecule has 1 N–H and O–H groups in total. The number of hydrogen-bond acceptors (Lipinski definition) is 6. The van der Waals surface area contributed by atoms with Crippen molar-refractivity contribution in [1.82, 2.24) is 10.2 Å². The summed E-state index contributed by atoms with van der Waals surface area (Å²) in [5.74, 6) is 1.31. The molecule has 0 spiro atoms. The van der Waals surface area contributed by atoms with Crippen LogP contribution in [0.2, 0.25) is 0 Å². The molecular weight excluding hydrogens is 420 g/mol. The molecule has 1 aromatic rings. The molecule has 1 saturated carbocycles. The van der Waals surface area contributed by atoms with Gasteiger partial charge in [-0.15, -0.1) is 0 Å². The molecule has 3 heterocycles. The Balaban J connectivity index is 1.27. The third kappa shape index (κ3) is 3.11. The van der Waals surface area contributed by atoms with Crippen LogP contribution in [0.5, 0.6) is 11.5 Å². The van der Waals surface area contributed by atoms with E-state index in [9.17, 15) is 9.59 Å². The fourth-order valence-corrected chi connectivity index (χ4v) is 6.88. The van der Waals surface area contributed by atoms with E-state index in [1.165, 1.54) is 0 Å². The average Bonchev–Trinajstić information content (AvgIpc) is 3.21. The van der Waals surface area contributed by atoms with Crippen molar-refractivity contribution in [2.24, 2.45) is 10.8 Å². The summed E-state index contributed by atoms with van der Waals surface area (Å²) < 4.78 is 16.7. The van der Waals surface area contributed by atoms with Crippen molar-refractivity contribution in [3.05, 3.63) is 23.8 Å². The van der Waals surface area contributed by atoms with E-state index >= 15 is 0 Å². The fraction of sp³-hybridized carbons (Fsp3) is 0.692. The van der Waals surface area contributed by atoms with E-state index in [0.717, 1.165) is 49.3 Å². The van der Waals surface area contributed by atoms with Crippen LogP contribution in [0.1, 0.15) is 64.9 Å². The Labute approximate surface area is 196 Å². The molecule has 4 fully saturated rings. The Morgan fingerprint density at radius 2 is 1.82 bits per heavy atom. The highest BCUT2D eigenvalue weighted by molar-refractivity contribution is 5.96. The molecule has 1 aliphatic carbocycles. The lowest BCUT2D eigenvalue weighted by atomic mass is 9.66. The Morgan fingerprint density at radius 1 is 1.12 bits per heavy atom. The molecule has 1 aromatic carbocycles. The summed E-state index contributed by atoms with van der Waals surface area (Å²) >= 11 is 0. The zero-order chi connectivity index (χ0) is 23.6. The first-order valence-corrected chi connectivity index (χ1v) is 12.2. The number of hydrogen-bond donors (Lipinski definition) is 1. The van der Waals surface area contributed by atoms with Gasteiger partial charge in [0.2, 0.25) is 0 Å². The van der Waals surface area contributed by atoms with Crippen molar-refractivity contribution in [2.75, 3.05) is 14.2 Å². The zero-order valence-electron chi connectivity index (χ0n) is 20.4. The first-order chi connectivity index (χ1) is 15.6. The number of methoxy groups -OCH3 is 2. The van der Waals surface area contributed by atoms with Gasteiger partial charge in [-0.05, 0) is 51.5 Å². The van der Waals surface area contributed by atoms with Gasteiger partial charge in [-0.2, -0.15) is 0 Å². The predicted octanol–water partition coefficient (Wildman–Crippen LogP) is 3.44. The van der Waals surface area contributed by atoms with Crippen LogP contribution in [0, 0.1) is 10.8 Å². The smallest absolute Gasteiger partial charge is 0.313 e. The van der Waals surface area contributed by atoms with Gasteiger partial charge < -0.3 is 19.5 Å². The van der Waals surface area contributed by atoms with Gasteiger partial charge in [-0.3, -0.25) is 14.5 Å². The maximum atomic E-state index is 13.5. The number of nitrogens with zero attached hydrogens (tertiary/aromatic N) is 1. The molecule has 7 heteroatoms. The highest BCUT2D eigenvalue weighted by Crippen LogP contribution is 2.65. The number of amides is 1. The minimum Gasteiger partial charge on any atom is -0.497 e. The van der Waals surface area contributed by atoms with E-state index < -0.39 is 16.4 Å². The molecule has 33 heavy (non-hydrogen) atoms. The van der Waals surface area contributed by atoms with Crippen LogP contribution in [0.15, 0.2) is 18.2 Å². The monoisotopic (exact) mass is 456 g/mol. The molecule has 4 aliphatic rings. The van der Waals surface area contributed by atoms with Crippen LogP contribution in [0.3, 0.4) is 0 Å². The molecule has 0 aromatic heterocycles. The molecule has 5 rings (SSSR count). The molecular formula is C26H36N2O5. The summed E-state index contributed by atoms with van der Waals surface area (Å²) in [6, 6.07) is 6.95. The lowest BCUT2D eigenvalue weighted by Crippen LogP contribution is -2.58. The summed E-state index contributed by atoms with van der Waals surface area (Å²) in [4.78, 5) is 28.7. The van der Waals surface area contributed by atoms with Crippen molar-refractivity contribution < 1.29 is 23.8 Å². The van der Waals surface area contributed by atoms with Gasteiger partial charge in [-0.1, -0.05) is 19.9 Å². The van der Waals surface area contributed by atoms with Crippen LogP contribution in [-0.2, 0) is 20.9 Å². The Morgan fingerprint density at radius 3 is 2.36 bits per heavy atom. The van der Waals surface area contributed by atoms with Gasteiger partial charge in [0.05, 0.1) is 19.6 Å². The number of rotatable bonds is 6. The van der Waals surface area contributed by atoms with Crippen LogP contribution in [0.25, 0.3) is 0 Å². The van der Waals surface area contributed by atoms with Gasteiger partial charge in [0.15, 0.2) is 5.60 Å². The molecule has 180 valence electrons. The summed E-state index contributed by atoms with van der Waals surface area (Å²) in [6.45, 7) is 6.80. The minimum atomic E-state index is -1.04. The quantitative estimate of drug-likeness (QED) is 0.661. The number of esters is 1. The largest absolute Gasteiger partial charge is 0.497 e. The number of carbonyl (C=O) groups excluding carboxylic acids is 2. The Bertz CT molecular complexity index is 963. The van der Waals surface area contributed by atoms with E-state index in [2.05, 4.69) is 16.3 Å². The highest BCUT2D eigenvalue weighted by atomic mass is 16.6. The summed E-state index contributed by atoms with van der Waals surface area (Å²) in [5.41, 5.74) is -0.970. The van der Waals surface area contributed by atoms with Crippen molar-refractivity contribution in [3.63, 3.8) is 0 Å². The van der Waals surface area contributed by atoms with Crippen molar-refractivity contribution in [2.45, 2.75) is 89.6 Å². The molecule has 4 bridgehead atoms. The lowest BCUT2D eigenvalue weighted by molar-refractivity contribution is -0.168. The molecule has 3 saturated heterocycles. The third-order valence-corrected chi connectivity index (χ3v) is 9.52. The molecule has 0 radical (unpaired) electrons. The Kier molecular flexibility index (Phi) is 5.20. The normalized spacial score (nSPS) is 36.5. The van der Waals surface area contributed by atoms with E-state index in [-0.39, 0.29) is 17.9 Å². The number of piperidine rings is 1. The second-order valence-corrected chi connectivity index (χ2v) is 11.1. The van der Waals surface area contributed by atoms with Crippen LogP contribution in [-0.4, -0.2) is 54.7 Å². The highest BCUT2D eigenvalue weighted by Gasteiger charge is 2.75.